The lowest BCUT2D eigenvalue weighted by Gasteiger charge is -2.39. The Hall–Kier alpha value is -3.36. The van der Waals surface area contributed by atoms with Crippen LogP contribution in [-0.4, -0.2) is 55.6 Å². The van der Waals surface area contributed by atoms with Crippen molar-refractivity contribution in [2.24, 2.45) is 0 Å². The molecule has 7 nitrogen and oxygen atoms in total. The average molecular weight is 463 g/mol. The summed E-state index contributed by atoms with van der Waals surface area (Å²) >= 11 is 1.41. The van der Waals surface area contributed by atoms with Crippen LogP contribution in [0.1, 0.15) is 21.6 Å². The number of rotatable bonds is 7. The Morgan fingerprint density at radius 3 is 2.58 bits per heavy atom. The van der Waals surface area contributed by atoms with Crippen LogP contribution in [0.2, 0.25) is 0 Å². The second-order valence-corrected chi connectivity index (χ2v) is 8.98. The number of nitrogens with one attached hydrogen (secondary N) is 1. The number of fused-ring (bicyclic) bond motifs is 1. The van der Waals surface area contributed by atoms with Gasteiger partial charge in [-0.15, -0.1) is 11.3 Å². The molecule has 0 unspecified atom stereocenters. The van der Waals surface area contributed by atoms with E-state index in [0.717, 1.165) is 47.9 Å². The van der Waals surface area contributed by atoms with Crippen LogP contribution in [0.15, 0.2) is 71.3 Å². The molecule has 0 bridgehead atoms. The Morgan fingerprint density at radius 2 is 1.88 bits per heavy atom. The SMILES string of the molecule is COc1ccc(N2CCN([C@H](CNC(=O)c3nc4ccccc4s3)c3ccco3)CC2)cc1. The monoisotopic (exact) mass is 462 g/mol. The van der Waals surface area contributed by atoms with E-state index in [1.54, 1.807) is 13.4 Å². The fourth-order valence-electron chi connectivity index (χ4n) is 4.21. The third-order valence-corrected chi connectivity index (χ3v) is 7.04. The van der Waals surface area contributed by atoms with E-state index in [-0.39, 0.29) is 11.9 Å². The smallest absolute Gasteiger partial charge is 0.280 e. The third-order valence-electron chi connectivity index (χ3n) is 6.01. The Kier molecular flexibility index (Phi) is 6.28. The first-order valence-corrected chi connectivity index (χ1v) is 11.8. The highest BCUT2D eigenvalue weighted by Gasteiger charge is 2.28. The van der Waals surface area contributed by atoms with Gasteiger partial charge in [-0.2, -0.15) is 0 Å². The summed E-state index contributed by atoms with van der Waals surface area (Å²) in [6, 6.07) is 19.8. The fourth-order valence-corrected chi connectivity index (χ4v) is 5.09. The van der Waals surface area contributed by atoms with E-state index in [2.05, 4.69) is 32.2 Å². The van der Waals surface area contributed by atoms with Gasteiger partial charge in [0.1, 0.15) is 11.5 Å². The molecule has 33 heavy (non-hydrogen) atoms. The number of carbonyl (C=O) groups is 1. The van der Waals surface area contributed by atoms with Gasteiger partial charge in [0.05, 0.1) is 29.6 Å². The molecular weight excluding hydrogens is 436 g/mol. The van der Waals surface area contributed by atoms with Crippen molar-refractivity contribution in [1.82, 2.24) is 15.2 Å². The van der Waals surface area contributed by atoms with Crippen molar-refractivity contribution < 1.29 is 13.9 Å². The number of carbonyl (C=O) groups excluding carboxylic acids is 1. The summed E-state index contributed by atoms with van der Waals surface area (Å²) in [5.74, 6) is 1.57. The van der Waals surface area contributed by atoms with Crippen molar-refractivity contribution in [2.75, 3.05) is 44.7 Å². The van der Waals surface area contributed by atoms with Crippen LogP contribution >= 0.6 is 11.3 Å². The van der Waals surface area contributed by atoms with E-state index < -0.39 is 0 Å². The summed E-state index contributed by atoms with van der Waals surface area (Å²) in [6.45, 7) is 4.00. The van der Waals surface area contributed by atoms with E-state index in [4.69, 9.17) is 9.15 Å². The van der Waals surface area contributed by atoms with Gasteiger partial charge in [-0.1, -0.05) is 12.1 Å². The van der Waals surface area contributed by atoms with Crippen molar-refractivity contribution in [2.45, 2.75) is 6.04 Å². The predicted molar refractivity (Wildman–Crippen MR) is 130 cm³/mol. The maximum absolute atomic E-state index is 12.8. The molecule has 1 N–H and O–H groups in total. The number of furan rings is 1. The molecule has 2 aromatic carbocycles. The van der Waals surface area contributed by atoms with E-state index in [1.807, 2.05) is 48.5 Å². The standard InChI is InChI=1S/C25H26N4O3S/c1-31-19-10-8-18(9-11-19)28-12-14-29(15-13-28)21(22-6-4-16-32-22)17-26-24(30)25-27-20-5-2-3-7-23(20)33-25/h2-11,16,21H,12-15,17H2,1H3,(H,26,30)/t21-/m1/s1. The largest absolute Gasteiger partial charge is 0.497 e. The van der Waals surface area contributed by atoms with Crippen molar-refractivity contribution in [1.29, 1.82) is 0 Å². The Balaban J connectivity index is 1.24. The minimum absolute atomic E-state index is 0.0312. The number of amides is 1. The molecule has 4 aromatic rings. The molecule has 1 aliphatic heterocycles. The number of nitrogens with zero attached hydrogens (tertiary/aromatic N) is 3. The number of thiazole rings is 1. The second kappa shape index (κ2) is 9.64. The molecule has 2 aromatic heterocycles. The fraction of sp³-hybridized carbons (Fsp3) is 0.280. The number of methoxy groups -OCH3 is 1. The average Bonchev–Trinajstić information content (AvgIpc) is 3.55. The van der Waals surface area contributed by atoms with Crippen LogP contribution in [-0.2, 0) is 0 Å². The highest BCUT2D eigenvalue weighted by molar-refractivity contribution is 7.20. The molecule has 1 fully saturated rings. The maximum Gasteiger partial charge on any atom is 0.280 e. The van der Waals surface area contributed by atoms with Crippen LogP contribution in [0.3, 0.4) is 0 Å². The van der Waals surface area contributed by atoms with E-state index in [1.165, 1.54) is 17.0 Å². The summed E-state index contributed by atoms with van der Waals surface area (Å²) in [7, 11) is 1.68. The van der Waals surface area contributed by atoms with E-state index in [0.29, 0.717) is 11.6 Å². The Morgan fingerprint density at radius 1 is 1.09 bits per heavy atom. The van der Waals surface area contributed by atoms with Crippen LogP contribution in [0.5, 0.6) is 5.75 Å². The number of benzene rings is 2. The van der Waals surface area contributed by atoms with Gasteiger partial charge in [0, 0.05) is 38.4 Å². The molecule has 3 heterocycles. The molecule has 5 rings (SSSR count). The quantitative estimate of drug-likeness (QED) is 0.444. The summed E-state index contributed by atoms with van der Waals surface area (Å²) < 4.78 is 12.0. The van der Waals surface area contributed by atoms with Gasteiger partial charge >= 0.3 is 0 Å². The van der Waals surface area contributed by atoms with Gasteiger partial charge in [-0.05, 0) is 48.5 Å². The summed E-state index contributed by atoms with van der Waals surface area (Å²) in [4.78, 5) is 22.0. The van der Waals surface area contributed by atoms with Crippen molar-refractivity contribution in [3.05, 3.63) is 77.7 Å². The highest BCUT2D eigenvalue weighted by Crippen LogP contribution is 2.26. The molecule has 170 valence electrons. The highest BCUT2D eigenvalue weighted by atomic mass is 32.1. The first-order valence-electron chi connectivity index (χ1n) is 11.0. The molecule has 1 aliphatic rings. The molecule has 1 amide bonds. The summed E-state index contributed by atoms with van der Waals surface area (Å²) in [5.41, 5.74) is 2.04. The van der Waals surface area contributed by atoms with Gasteiger partial charge in [-0.25, -0.2) is 4.98 Å². The number of anilines is 1. The lowest BCUT2D eigenvalue weighted by atomic mass is 10.1. The second-order valence-electron chi connectivity index (χ2n) is 7.95. The predicted octanol–water partition coefficient (Wildman–Crippen LogP) is 4.19. The van der Waals surface area contributed by atoms with Gasteiger partial charge in [0.2, 0.25) is 0 Å². The normalized spacial score (nSPS) is 15.5. The molecule has 1 atom stereocenters. The number of piperazine rings is 1. The number of ether oxygens (including phenoxy) is 1. The zero-order chi connectivity index (χ0) is 22.6. The van der Waals surface area contributed by atoms with E-state index >= 15 is 0 Å². The van der Waals surface area contributed by atoms with Gasteiger partial charge < -0.3 is 19.4 Å². The number of hydrogen-bond acceptors (Lipinski definition) is 7. The molecular formula is C25H26N4O3S. The first-order chi connectivity index (χ1) is 16.2. The minimum Gasteiger partial charge on any atom is -0.497 e. The minimum atomic E-state index is -0.148. The van der Waals surface area contributed by atoms with Crippen molar-refractivity contribution >= 4 is 33.1 Å². The molecule has 0 spiro atoms. The summed E-state index contributed by atoms with van der Waals surface area (Å²) in [5, 5.41) is 3.57. The van der Waals surface area contributed by atoms with Crippen LogP contribution in [0.25, 0.3) is 10.2 Å². The number of aromatic nitrogens is 1. The topological polar surface area (TPSA) is 70.8 Å². The van der Waals surface area contributed by atoms with Gasteiger partial charge in [0.15, 0.2) is 5.01 Å². The first kappa shape index (κ1) is 21.5. The van der Waals surface area contributed by atoms with Gasteiger partial charge in [0.25, 0.3) is 5.91 Å². The summed E-state index contributed by atoms with van der Waals surface area (Å²) in [6.07, 6.45) is 1.69. The van der Waals surface area contributed by atoms with Crippen LogP contribution in [0, 0.1) is 0 Å². The maximum atomic E-state index is 12.8. The Bertz CT molecular complexity index is 1170. The zero-order valence-electron chi connectivity index (χ0n) is 18.4. The van der Waals surface area contributed by atoms with Crippen LogP contribution < -0.4 is 15.0 Å². The lowest BCUT2D eigenvalue weighted by molar-refractivity contribution is 0.0922. The lowest BCUT2D eigenvalue weighted by Crippen LogP contribution is -2.49. The molecule has 0 saturated carbocycles. The third kappa shape index (κ3) is 4.72. The van der Waals surface area contributed by atoms with E-state index in [9.17, 15) is 4.79 Å². The molecule has 1 saturated heterocycles. The van der Waals surface area contributed by atoms with Crippen molar-refractivity contribution in [3.8, 4) is 5.75 Å². The number of hydrogen-bond donors (Lipinski definition) is 1. The molecule has 8 heteroatoms. The number of para-hydroxylation sites is 1. The molecule has 0 radical (unpaired) electrons. The molecule has 0 aliphatic carbocycles. The van der Waals surface area contributed by atoms with Gasteiger partial charge in [-0.3, -0.25) is 9.69 Å². The zero-order valence-corrected chi connectivity index (χ0v) is 19.3. The Labute approximate surface area is 196 Å². The van der Waals surface area contributed by atoms with Crippen LogP contribution in [0.4, 0.5) is 5.69 Å². The van der Waals surface area contributed by atoms with Crippen molar-refractivity contribution in [3.63, 3.8) is 0 Å².